The van der Waals surface area contributed by atoms with Gasteiger partial charge in [0.2, 0.25) is 0 Å². The molecule has 2 N–H and O–H groups in total. The number of thiophene rings is 1. The van der Waals surface area contributed by atoms with Crippen LogP contribution in [0.4, 0.5) is 5.69 Å². The lowest BCUT2D eigenvalue weighted by Gasteiger charge is -2.10. The van der Waals surface area contributed by atoms with Gasteiger partial charge in [-0.15, -0.1) is 11.3 Å². The summed E-state index contributed by atoms with van der Waals surface area (Å²) in [6.07, 6.45) is 0.255. The van der Waals surface area contributed by atoms with E-state index in [0.717, 1.165) is 10.6 Å². The third-order valence-corrected chi connectivity index (χ3v) is 4.96. The van der Waals surface area contributed by atoms with Crippen molar-refractivity contribution in [3.05, 3.63) is 57.1 Å². The maximum atomic E-state index is 12.3. The SMILES string of the molecule is COc1cc(CCNC(=O)c2cc(-c3cccs3)[nH]n2)c([N+](=O)[O-])cc1OC. The number of hydrogen-bond acceptors (Lipinski definition) is 7. The number of nitro benzene ring substituents is 1. The molecule has 9 nitrogen and oxygen atoms in total. The van der Waals surface area contributed by atoms with Gasteiger partial charge < -0.3 is 14.8 Å². The highest BCUT2D eigenvalue weighted by atomic mass is 32.1. The summed E-state index contributed by atoms with van der Waals surface area (Å²) in [6.45, 7) is 0.205. The second-order valence-corrected chi connectivity index (χ2v) is 6.69. The number of nitro groups is 1. The number of aromatic amines is 1. The lowest BCUT2D eigenvalue weighted by Crippen LogP contribution is -2.26. The Kier molecular flexibility index (Phi) is 5.90. The van der Waals surface area contributed by atoms with Crippen molar-refractivity contribution >= 4 is 22.9 Å². The number of carbonyl (C=O) groups is 1. The van der Waals surface area contributed by atoms with Crippen molar-refractivity contribution in [2.75, 3.05) is 20.8 Å². The molecule has 1 aromatic carbocycles. The lowest BCUT2D eigenvalue weighted by atomic mass is 10.1. The molecular weight excluding hydrogens is 384 g/mol. The predicted octanol–water partition coefficient (Wildman–Crippen LogP) is 3.04. The van der Waals surface area contributed by atoms with E-state index < -0.39 is 4.92 Å². The number of nitrogens with one attached hydrogen (secondary N) is 2. The van der Waals surface area contributed by atoms with Crippen molar-refractivity contribution in [2.45, 2.75) is 6.42 Å². The molecule has 0 aliphatic carbocycles. The number of amides is 1. The molecular formula is C18H18N4O5S. The van der Waals surface area contributed by atoms with E-state index in [2.05, 4.69) is 15.5 Å². The molecule has 2 heterocycles. The zero-order valence-electron chi connectivity index (χ0n) is 15.2. The van der Waals surface area contributed by atoms with Crippen molar-refractivity contribution in [3.63, 3.8) is 0 Å². The highest BCUT2D eigenvalue weighted by Crippen LogP contribution is 2.34. The first-order chi connectivity index (χ1) is 13.5. The van der Waals surface area contributed by atoms with Gasteiger partial charge in [-0.25, -0.2) is 0 Å². The molecule has 0 aliphatic heterocycles. The van der Waals surface area contributed by atoms with Crippen molar-refractivity contribution in [1.29, 1.82) is 0 Å². The molecule has 0 aliphatic rings. The highest BCUT2D eigenvalue weighted by molar-refractivity contribution is 7.13. The van der Waals surface area contributed by atoms with Gasteiger partial charge in [-0.1, -0.05) is 6.07 Å². The number of aromatic nitrogens is 2. The predicted molar refractivity (Wildman–Crippen MR) is 104 cm³/mol. The van der Waals surface area contributed by atoms with Gasteiger partial charge in [0.15, 0.2) is 17.2 Å². The third kappa shape index (κ3) is 4.12. The fourth-order valence-corrected chi connectivity index (χ4v) is 3.37. The van der Waals surface area contributed by atoms with E-state index >= 15 is 0 Å². The average Bonchev–Trinajstić information content (AvgIpc) is 3.38. The van der Waals surface area contributed by atoms with Gasteiger partial charge in [-0.2, -0.15) is 5.10 Å². The Bertz CT molecular complexity index is 984. The van der Waals surface area contributed by atoms with Crippen LogP contribution in [-0.4, -0.2) is 41.8 Å². The summed E-state index contributed by atoms with van der Waals surface area (Å²) in [5, 5.41) is 22.8. The summed E-state index contributed by atoms with van der Waals surface area (Å²) in [6, 6.07) is 8.37. The van der Waals surface area contributed by atoms with Gasteiger partial charge in [-0.05, 0) is 30.0 Å². The summed E-state index contributed by atoms with van der Waals surface area (Å²) >= 11 is 1.54. The fraction of sp³-hybridized carbons (Fsp3) is 0.222. The van der Waals surface area contributed by atoms with Crippen LogP contribution < -0.4 is 14.8 Å². The Morgan fingerprint density at radius 3 is 2.68 bits per heavy atom. The molecule has 0 spiro atoms. The molecule has 0 fully saturated rings. The van der Waals surface area contributed by atoms with Crippen LogP contribution in [0.2, 0.25) is 0 Å². The number of H-pyrrole nitrogens is 1. The molecule has 0 bridgehead atoms. The number of carbonyl (C=O) groups excluding carboxylic acids is 1. The van der Waals surface area contributed by atoms with Crippen LogP contribution in [0.15, 0.2) is 35.7 Å². The standard InChI is InChI=1S/C18H18N4O5S/c1-26-15-8-11(14(22(24)25)10-16(15)27-2)5-6-19-18(23)13-9-12(20-21-13)17-4-3-7-28-17/h3-4,7-10H,5-6H2,1-2H3,(H,19,23)(H,20,21). The zero-order chi connectivity index (χ0) is 20.1. The van der Waals surface area contributed by atoms with Crippen LogP contribution in [0.5, 0.6) is 11.5 Å². The number of benzene rings is 1. The Hall–Kier alpha value is -3.40. The molecule has 3 aromatic rings. The summed E-state index contributed by atoms with van der Waals surface area (Å²) in [5.41, 5.74) is 1.36. The molecule has 3 rings (SSSR count). The first-order valence-corrected chi connectivity index (χ1v) is 9.18. The van der Waals surface area contributed by atoms with Gasteiger partial charge in [0.25, 0.3) is 11.6 Å². The highest BCUT2D eigenvalue weighted by Gasteiger charge is 2.20. The topological polar surface area (TPSA) is 119 Å². The zero-order valence-corrected chi connectivity index (χ0v) is 16.0. The molecule has 2 aromatic heterocycles. The summed E-state index contributed by atoms with van der Waals surface area (Å²) in [7, 11) is 2.87. The van der Waals surface area contributed by atoms with Crippen molar-refractivity contribution < 1.29 is 19.2 Å². The summed E-state index contributed by atoms with van der Waals surface area (Å²) in [4.78, 5) is 24.1. The van der Waals surface area contributed by atoms with E-state index in [1.54, 1.807) is 12.1 Å². The van der Waals surface area contributed by atoms with Crippen LogP contribution in [0.25, 0.3) is 10.6 Å². The molecule has 10 heteroatoms. The first-order valence-electron chi connectivity index (χ1n) is 8.30. The number of nitrogens with zero attached hydrogens (tertiary/aromatic N) is 2. The van der Waals surface area contributed by atoms with Crippen LogP contribution in [0.3, 0.4) is 0 Å². The van der Waals surface area contributed by atoms with Gasteiger partial charge in [0.1, 0.15) is 0 Å². The Labute approximate surface area is 164 Å². The minimum Gasteiger partial charge on any atom is -0.493 e. The third-order valence-electron chi connectivity index (χ3n) is 4.06. The van der Waals surface area contributed by atoms with Crippen molar-refractivity contribution in [1.82, 2.24) is 15.5 Å². The molecule has 0 saturated carbocycles. The smallest absolute Gasteiger partial charge is 0.276 e. The number of hydrogen-bond donors (Lipinski definition) is 2. The Morgan fingerprint density at radius 2 is 2.04 bits per heavy atom. The second-order valence-electron chi connectivity index (χ2n) is 5.74. The minimum atomic E-state index is -0.486. The number of rotatable bonds is 8. The molecule has 0 atom stereocenters. The van der Waals surface area contributed by atoms with E-state index in [-0.39, 0.29) is 36.0 Å². The lowest BCUT2D eigenvalue weighted by molar-refractivity contribution is -0.385. The normalized spacial score (nSPS) is 10.5. The molecule has 146 valence electrons. The molecule has 28 heavy (non-hydrogen) atoms. The van der Waals surface area contributed by atoms with Crippen LogP contribution in [-0.2, 0) is 6.42 Å². The van der Waals surface area contributed by atoms with E-state index in [9.17, 15) is 14.9 Å². The van der Waals surface area contributed by atoms with Crippen LogP contribution in [0, 0.1) is 10.1 Å². The first kappa shape index (κ1) is 19.4. The maximum absolute atomic E-state index is 12.3. The van der Waals surface area contributed by atoms with E-state index in [1.807, 2.05) is 17.5 Å². The maximum Gasteiger partial charge on any atom is 0.276 e. The number of ether oxygens (including phenoxy) is 2. The van der Waals surface area contributed by atoms with Gasteiger partial charge >= 0.3 is 0 Å². The molecule has 1 amide bonds. The largest absolute Gasteiger partial charge is 0.493 e. The Balaban J connectivity index is 1.67. The van der Waals surface area contributed by atoms with Crippen LogP contribution in [0.1, 0.15) is 16.1 Å². The van der Waals surface area contributed by atoms with E-state index in [0.29, 0.717) is 11.3 Å². The average molecular weight is 402 g/mol. The fourth-order valence-electron chi connectivity index (χ4n) is 2.68. The Morgan fingerprint density at radius 1 is 1.29 bits per heavy atom. The summed E-state index contributed by atoms with van der Waals surface area (Å²) < 4.78 is 10.3. The number of methoxy groups -OCH3 is 2. The van der Waals surface area contributed by atoms with Crippen molar-refractivity contribution in [3.8, 4) is 22.1 Å². The molecule has 0 radical (unpaired) electrons. The quantitative estimate of drug-likeness (QED) is 0.441. The molecule has 0 saturated heterocycles. The van der Waals surface area contributed by atoms with Gasteiger partial charge in [-0.3, -0.25) is 20.0 Å². The van der Waals surface area contributed by atoms with Gasteiger partial charge in [0.05, 0.1) is 35.8 Å². The second kappa shape index (κ2) is 8.53. The van der Waals surface area contributed by atoms with E-state index in [1.165, 1.54) is 31.6 Å². The van der Waals surface area contributed by atoms with E-state index in [4.69, 9.17) is 9.47 Å². The van der Waals surface area contributed by atoms with Crippen LogP contribution >= 0.6 is 11.3 Å². The van der Waals surface area contributed by atoms with Crippen molar-refractivity contribution in [2.24, 2.45) is 0 Å². The molecule has 0 unspecified atom stereocenters. The minimum absolute atomic E-state index is 0.0911. The summed E-state index contributed by atoms with van der Waals surface area (Å²) in [5.74, 6) is 0.309. The van der Waals surface area contributed by atoms with Gasteiger partial charge in [0, 0.05) is 12.1 Å². The monoisotopic (exact) mass is 402 g/mol.